The topological polar surface area (TPSA) is 52.7 Å². The molecule has 5 saturated carbocycles. The van der Waals surface area contributed by atoms with Gasteiger partial charge in [0.05, 0.1) is 11.5 Å². The summed E-state index contributed by atoms with van der Waals surface area (Å²) in [6.07, 6.45) is 12.3. The molecule has 0 aromatic heterocycles. The first kappa shape index (κ1) is 18.9. The number of hydrogen-bond acceptors (Lipinski definition) is 3. The molecule has 6 aliphatic rings. The molecule has 4 bridgehead atoms. The fourth-order valence-electron chi connectivity index (χ4n) is 7.58. The van der Waals surface area contributed by atoms with Gasteiger partial charge in [0.25, 0.3) is 0 Å². The molecule has 0 spiro atoms. The Hall–Kier alpha value is -1.10. The molecule has 156 valence electrons. The zero-order chi connectivity index (χ0) is 19.3. The molecule has 6 fully saturated rings. The van der Waals surface area contributed by atoms with Crippen molar-refractivity contribution in [3.05, 3.63) is 0 Å². The summed E-state index contributed by atoms with van der Waals surface area (Å²) < 4.78 is 0. The lowest BCUT2D eigenvalue weighted by Gasteiger charge is -2.57. The van der Waals surface area contributed by atoms with Crippen molar-refractivity contribution in [1.29, 1.82) is 0 Å². The molecule has 1 atom stereocenters. The maximum absolute atomic E-state index is 13.5. The molecule has 1 N–H and O–H groups in total. The highest BCUT2D eigenvalue weighted by atomic mass is 16.2. The second-order valence-electron chi connectivity index (χ2n) is 10.7. The number of carbonyl (C=O) groups excluding carboxylic acids is 2. The first-order chi connectivity index (χ1) is 13.5. The van der Waals surface area contributed by atoms with Crippen LogP contribution in [-0.2, 0) is 9.59 Å². The first-order valence-electron chi connectivity index (χ1n) is 11.9. The summed E-state index contributed by atoms with van der Waals surface area (Å²) >= 11 is 0. The van der Waals surface area contributed by atoms with Crippen LogP contribution in [0.2, 0.25) is 0 Å². The molecule has 6 rings (SSSR count). The molecular formula is C23H37N3O2. The van der Waals surface area contributed by atoms with Crippen LogP contribution in [0.15, 0.2) is 0 Å². The Kier molecular flexibility index (Phi) is 4.93. The number of rotatable bonds is 4. The van der Waals surface area contributed by atoms with Gasteiger partial charge >= 0.3 is 0 Å². The van der Waals surface area contributed by atoms with Gasteiger partial charge in [-0.05, 0) is 76.0 Å². The van der Waals surface area contributed by atoms with Gasteiger partial charge < -0.3 is 10.2 Å². The number of nitrogens with zero attached hydrogens (tertiary/aromatic N) is 2. The van der Waals surface area contributed by atoms with E-state index in [1.165, 1.54) is 32.1 Å². The van der Waals surface area contributed by atoms with Crippen molar-refractivity contribution >= 4 is 11.8 Å². The van der Waals surface area contributed by atoms with Gasteiger partial charge in [0, 0.05) is 32.2 Å². The highest BCUT2D eigenvalue weighted by Crippen LogP contribution is 2.60. The molecule has 2 amide bonds. The number of nitrogens with one attached hydrogen (secondary N) is 1. The van der Waals surface area contributed by atoms with Gasteiger partial charge in [-0.1, -0.05) is 12.8 Å². The van der Waals surface area contributed by atoms with Crippen molar-refractivity contribution in [2.45, 2.75) is 83.2 Å². The zero-order valence-corrected chi connectivity index (χ0v) is 17.5. The summed E-state index contributed by atoms with van der Waals surface area (Å²) in [5.74, 6) is 3.07. The van der Waals surface area contributed by atoms with Gasteiger partial charge in [-0.15, -0.1) is 0 Å². The lowest BCUT2D eigenvalue weighted by Crippen LogP contribution is -2.60. The van der Waals surface area contributed by atoms with Crippen LogP contribution < -0.4 is 5.32 Å². The van der Waals surface area contributed by atoms with Gasteiger partial charge in [0.2, 0.25) is 11.8 Å². The Morgan fingerprint density at radius 2 is 1.43 bits per heavy atom. The zero-order valence-electron chi connectivity index (χ0n) is 17.5. The number of piperazine rings is 1. The van der Waals surface area contributed by atoms with E-state index in [0.717, 1.165) is 76.0 Å². The summed E-state index contributed by atoms with van der Waals surface area (Å²) in [7, 11) is 0. The monoisotopic (exact) mass is 387 g/mol. The van der Waals surface area contributed by atoms with Crippen LogP contribution in [0.25, 0.3) is 0 Å². The van der Waals surface area contributed by atoms with Crippen LogP contribution in [0.1, 0.15) is 71.1 Å². The fourth-order valence-corrected chi connectivity index (χ4v) is 7.58. The molecule has 5 aliphatic carbocycles. The summed E-state index contributed by atoms with van der Waals surface area (Å²) in [6, 6.07) is 0.298. The van der Waals surface area contributed by atoms with Crippen molar-refractivity contribution in [1.82, 2.24) is 15.1 Å². The predicted octanol–water partition coefficient (Wildman–Crippen LogP) is 2.79. The molecule has 1 unspecified atom stereocenters. The Morgan fingerprint density at radius 1 is 0.893 bits per heavy atom. The first-order valence-corrected chi connectivity index (χ1v) is 11.9. The molecule has 1 aliphatic heterocycles. The van der Waals surface area contributed by atoms with Crippen LogP contribution in [0.4, 0.5) is 0 Å². The SMILES string of the molecule is CC(C(=O)NC1CCCC1)N1CCN(C(=O)C23CC4CC(CC(C4)C2)C3)CC1. The van der Waals surface area contributed by atoms with Crippen molar-refractivity contribution in [2.75, 3.05) is 26.2 Å². The quantitative estimate of drug-likeness (QED) is 0.807. The third kappa shape index (κ3) is 3.38. The summed E-state index contributed by atoms with van der Waals surface area (Å²) in [6.45, 7) is 5.28. The van der Waals surface area contributed by atoms with Crippen LogP contribution in [0, 0.1) is 23.2 Å². The van der Waals surface area contributed by atoms with Gasteiger partial charge in [0.15, 0.2) is 0 Å². The Balaban J connectivity index is 1.16. The summed E-state index contributed by atoms with van der Waals surface area (Å²) in [5, 5.41) is 3.24. The normalized spacial score (nSPS) is 39.3. The van der Waals surface area contributed by atoms with E-state index in [-0.39, 0.29) is 17.4 Å². The largest absolute Gasteiger partial charge is 0.352 e. The molecule has 5 nitrogen and oxygen atoms in total. The van der Waals surface area contributed by atoms with E-state index in [1.807, 2.05) is 6.92 Å². The van der Waals surface area contributed by atoms with Gasteiger partial charge in [-0.3, -0.25) is 14.5 Å². The van der Waals surface area contributed by atoms with E-state index >= 15 is 0 Å². The smallest absolute Gasteiger partial charge is 0.237 e. The number of hydrogen-bond donors (Lipinski definition) is 1. The van der Waals surface area contributed by atoms with E-state index in [9.17, 15) is 9.59 Å². The molecule has 0 radical (unpaired) electrons. The van der Waals surface area contributed by atoms with Crippen LogP contribution >= 0.6 is 0 Å². The lowest BCUT2D eigenvalue weighted by molar-refractivity contribution is -0.159. The molecular weight excluding hydrogens is 350 g/mol. The van der Waals surface area contributed by atoms with Crippen molar-refractivity contribution in [3.8, 4) is 0 Å². The van der Waals surface area contributed by atoms with Crippen molar-refractivity contribution < 1.29 is 9.59 Å². The van der Waals surface area contributed by atoms with Gasteiger partial charge in [-0.25, -0.2) is 0 Å². The maximum Gasteiger partial charge on any atom is 0.237 e. The second-order valence-corrected chi connectivity index (χ2v) is 10.7. The van der Waals surface area contributed by atoms with E-state index in [2.05, 4.69) is 15.1 Å². The van der Waals surface area contributed by atoms with Gasteiger partial charge in [-0.2, -0.15) is 0 Å². The molecule has 28 heavy (non-hydrogen) atoms. The predicted molar refractivity (Wildman–Crippen MR) is 109 cm³/mol. The average Bonchev–Trinajstić information content (AvgIpc) is 3.19. The van der Waals surface area contributed by atoms with E-state index < -0.39 is 0 Å². The van der Waals surface area contributed by atoms with Crippen LogP contribution in [-0.4, -0.2) is 59.9 Å². The Morgan fingerprint density at radius 3 is 1.96 bits per heavy atom. The van der Waals surface area contributed by atoms with Crippen LogP contribution in [0.5, 0.6) is 0 Å². The minimum absolute atomic E-state index is 0.0254. The fraction of sp³-hybridized carbons (Fsp3) is 0.913. The maximum atomic E-state index is 13.5. The highest BCUT2D eigenvalue weighted by Gasteiger charge is 2.55. The Labute approximate surface area is 169 Å². The number of carbonyl (C=O) groups is 2. The third-order valence-electron chi connectivity index (χ3n) is 8.72. The molecule has 0 aromatic carbocycles. The Bertz CT molecular complexity index is 584. The third-order valence-corrected chi connectivity index (χ3v) is 8.72. The standard InChI is InChI=1S/C23H37N3O2/c1-16(21(27)24-20-4-2-3-5-20)25-6-8-26(9-7-25)22(28)23-13-17-10-18(14-23)12-19(11-17)15-23/h16-20H,2-15H2,1H3,(H,24,27). The second kappa shape index (κ2) is 7.30. The molecule has 0 aromatic rings. The highest BCUT2D eigenvalue weighted by molar-refractivity contribution is 5.84. The van der Waals surface area contributed by atoms with Gasteiger partial charge in [0.1, 0.15) is 0 Å². The average molecular weight is 388 g/mol. The minimum atomic E-state index is -0.0857. The summed E-state index contributed by atoms with van der Waals surface area (Å²) in [5.41, 5.74) is -0.0254. The summed E-state index contributed by atoms with van der Waals surface area (Å²) in [4.78, 5) is 30.5. The minimum Gasteiger partial charge on any atom is -0.352 e. The van der Waals surface area contributed by atoms with Crippen molar-refractivity contribution in [3.63, 3.8) is 0 Å². The van der Waals surface area contributed by atoms with E-state index in [1.54, 1.807) is 0 Å². The number of amides is 2. The molecule has 5 heteroatoms. The van der Waals surface area contributed by atoms with Crippen LogP contribution in [0.3, 0.4) is 0 Å². The molecule has 1 heterocycles. The van der Waals surface area contributed by atoms with Crippen molar-refractivity contribution in [2.24, 2.45) is 23.2 Å². The van der Waals surface area contributed by atoms with E-state index in [4.69, 9.17) is 0 Å². The molecule has 1 saturated heterocycles. The lowest BCUT2D eigenvalue weighted by atomic mass is 9.49. The van der Waals surface area contributed by atoms with E-state index in [0.29, 0.717) is 11.9 Å².